The number of ether oxygens (including phenoxy) is 4. The third-order valence-electron chi connectivity index (χ3n) is 6.92. The summed E-state index contributed by atoms with van der Waals surface area (Å²) in [5, 5.41) is -7.11. The number of methoxy groups -OCH3 is 4. The minimum Gasteiger partial charge on any atom is -0.743 e. The molecule has 0 aliphatic carbocycles. The third kappa shape index (κ3) is 8.74. The lowest BCUT2D eigenvalue weighted by atomic mass is 9.87. The van der Waals surface area contributed by atoms with Gasteiger partial charge in [0.05, 0.1) is 19.8 Å². The van der Waals surface area contributed by atoms with Gasteiger partial charge in [-0.2, -0.15) is 39.5 Å². The van der Waals surface area contributed by atoms with Crippen molar-refractivity contribution >= 4 is 10.1 Å². The Morgan fingerprint density at radius 3 is 1.43 bits per heavy atom. The van der Waals surface area contributed by atoms with Gasteiger partial charge in [-0.3, -0.25) is 0 Å². The van der Waals surface area contributed by atoms with E-state index in [9.17, 15) is 52.5 Å². The number of benzene rings is 3. The van der Waals surface area contributed by atoms with Crippen LogP contribution < -0.4 is 30.7 Å². The summed E-state index contributed by atoms with van der Waals surface area (Å²) in [6.07, 6.45) is -7.16. The van der Waals surface area contributed by atoms with E-state index in [1.54, 1.807) is 28.4 Å². The van der Waals surface area contributed by atoms with Gasteiger partial charge < -0.3 is 23.5 Å². The van der Waals surface area contributed by atoms with Crippen molar-refractivity contribution in [2.24, 2.45) is 0 Å². The van der Waals surface area contributed by atoms with Crippen molar-refractivity contribution in [1.82, 2.24) is 0 Å². The van der Waals surface area contributed by atoms with Crippen LogP contribution in [0.1, 0.15) is 37.5 Å². The lowest BCUT2D eigenvalue weighted by Crippen LogP contribution is -3.61. The first-order chi connectivity index (χ1) is 22.3. The Kier molecular flexibility index (Phi) is 13.1. The molecule has 0 aliphatic rings. The molecule has 3 rings (SSSR count). The number of alkyl halides is 9. The minimum atomic E-state index is -7.43. The fourth-order valence-electron chi connectivity index (χ4n) is 4.15. The van der Waals surface area contributed by atoms with Crippen molar-refractivity contribution in [3.8, 4) is 11.5 Å². The van der Waals surface area contributed by atoms with Crippen molar-refractivity contribution in [2.45, 2.75) is 55.2 Å². The van der Waals surface area contributed by atoms with Crippen molar-refractivity contribution in [2.75, 3.05) is 28.4 Å². The summed E-state index contributed by atoms with van der Waals surface area (Å²) in [4.78, 5) is 0. The smallest absolute Gasteiger partial charge is 0.460 e. The van der Waals surface area contributed by atoms with E-state index in [1.807, 2.05) is 18.2 Å². The van der Waals surface area contributed by atoms with Gasteiger partial charge in [0.2, 0.25) is 5.79 Å². The summed E-state index contributed by atoms with van der Waals surface area (Å²) in [5.74, 6) is -14.5. The van der Waals surface area contributed by atoms with E-state index in [-0.39, 0.29) is 26.6 Å². The molecule has 0 unspecified atom stereocenters. The molecule has 18 heteroatoms. The molecule has 0 radical (unpaired) electrons. The Balaban J connectivity index is 0.000000417. The topological polar surface area (TPSA) is 94.1 Å². The Morgan fingerprint density at radius 2 is 1.08 bits per heavy atom. The highest BCUT2D eigenvalue weighted by atomic mass is 127. The highest BCUT2D eigenvalue weighted by Crippen LogP contribution is 2.54. The van der Waals surface area contributed by atoms with Crippen LogP contribution in [0.5, 0.6) is 11.5 Å². The van der Waals surface area contributed by atoms with Crippen LogP contribution in [-0.4, -0.2) is 64.7 Å². The standard InChI is InChI=1S/C27H32IO4.C4HF9O3S/c1-26(2,3)19-8-12-21(13-9-19)28-22-14-10-20(11-15-22)27(31-6,32-7)24-17-16-23(29-4)18-25(24)30-5;5-1(6,3(9,10)11)2(7,8)4(12,13)17(14,15)16/h8-18H,1-7H3;(H,14,15,16)/q+1;/p-1. The molecular formula is C31H32F9IO7S. The zero-order chi connectivity index (χ0) is 37.9. The van der Waals surface area contributed by atoms with Crippen molar-refractivity contribution in [1.29, 1.82) is 0 Å². The van der Waals surface area contributed by atoms with Gasteiger partial charge in [-0.1, -0.05) is 32.9 Å². The second-order valence-corrected chi connectivity index (χ2v) is 15.5. The minimum absolute atomic E-state index is 0.171. The van der Waals surface area contributed by atoms with Crippen LogP contribution in [0.3, 0.4) is 0 Å². The molecule has 0 heterocycles. The fraction of sp³-hybridized carbons (Fsp3) is 0.419. The molecular weight excluding hydrogens is 814 g/mol. The van der Waals surface area contributed by atoms with E-state index in [2.05, 4.69) is 69.3 Å². The average Bonchev–Trinajstić information content (AvgIpc) is 3.01. The van der Waals surface area contributed by atoms with Gasteiger partial charge in [0.1, 0.15) is 11.5 Å². The molecule has 0 aliphatic heterocycles. The Labute approximate surface area is 287 Å². The molecule has 0 saturated heterocycles. The van der Waals surface area contributed by atoms with E-state index in [1.165, 1.54) is 12.7 Å². The summed E-state index contributed by atoms with van der Waals surface area (Å²) in [5.41, 5.74) is 3.22. The predicted molar refractivity (Wildman–Crippen MR) is 154 cm³/mol. The predicted octanol–water partition coefficient (Wildman–Crippen LogP) is 4.58. The molecule has 0 atom stereocenters. The third-order valence-corrected chi connectivity index (χ3v) is 10.5. The molecule has 0 bridgehead atoms. The van der Waals surface area contributed by atoms with Gasteiger partial charge in [-0.05, 0) is 59.5 Å². The molecule has 0 amide bonds. The number of rotatable bonds is 11. The molecule has 3 aromatic rings. The summed E-state index contributed by atoms with van der Waals surface area (Å²) < 4.78 is 161. The maximum Gasteiger partial charge on any atom is 0.460 e. The summed E-state index contributed by atoms with van der Waals surface area (Å²) in [7, 11) is -0.866. The second-order valence-electron chi connectivity index (χ2n) is 11.1. The normalized spacial score (nSPS) is 13.4. The van der Waals surface area contributed by atoms with Gasteiger partial charge in [-0.25, -0.2) is 8.42 Å². The highest BCUT2D eigenvalue weighted by Gasteiger charge is 2.83. The van der Waals surface area contributed by atoms with E-state index in [4.69, 9.17) is 18.9 Å². The van der Waals surface area contributed by atoms with Crippen LogP contribution in [0.25, 0.3) is 0 Å². The van der Waals surface area contributed by atoms with Gasteiger partial charge in [0.15, 0.2) is 17.3 Å². The summed E-state index contributed by atoms with van der Waals surface area (Å²) >= 11 is -0.274. The van der Waals surface area contributed by atoms with E-state index >= 15 is 0 Å². The Hall–Kier alpha value is -2.81. The molecule has 0 N–H and O–H groups in total. The lowest BCUT2D eigenvalue weighted by molar-refractivity contribution is -0.597. The molecule has 0 spiro atoms. The molecule has 3 aromatic carbocycles. The molecule has 7 nitrogen and oxygen atoms in total. The van der Waals surface area contributed by atoms with E-state index < -0.39 is 39.2 Å². The first-order valence-corrected chi connectivity index (χ1v) is 17.2. The zero-order valence-electron chi connectivity index (χ0n) is 26.9. The maximum atomic E-state index is 12.2. The monoisotopic (exact) mass is 846 g/mol. The zero-order valence-corrected chi connectivity index (χ0v) is 29.9. The number of hydrogen-bond donors (Lipinski definition) is 0. The van der Waals surface area contributed by atoms with E-state index in [0.717, 1.165) is 11.1 Å². The molecule has 0 aromatic heterocycles. The maximum absolute atomic E-state index is 12.2. The van der Waals surface area contributed by atoms with Crippen LogP contribution in [-0.2, 0) is 30.8 Å². The van der Waals surface area contributed by atoms with Crippen molar-refractivity contribution in [3.63, 3.8) is 0 Å². The van der Waals surface area contributed by atoms with Crippen LogP contribution in [0.4, 0.5) is 39.5 Å². The number of halogens is 10. The van der Waals surface area contributed by atoms with Gasteiger partial charge >= 0.3 is 44.5 Å². The van der Waals surface area contributed by atoms with Crippen LogP contribution in [0.2, 0.25) is 0 Å². The SMILES string of the molecule is COc1ccc(C(OC)(OC)c2ccc([I+]c3ccc(C(C)(C)C)cc3)cc2)c(OC)c1.O=S(=O)([O-])C(F)(F)C(F)(F)C(F)(F)C(F)(F)F. The molecule has 49 heavy (non-hydrogen) atoms. The van der Waals surface area contributed by atoms with Crippen molar-refractivity contribution in [3.05, 3.63) is 90.6 Å². The summed E-state index contributed by atoms with van der Waals surface area (Å²) in [6.45, 7) is 6.72. The molecule has 0 fully saturated rings. The number of hydrogen-bond acceptors (Lipinski definition) is 7. The first-order valence-electron chi connectivity index (χ1n) is 13.6. The van der Waals surface area contributed by atoms with Gasteiger partial charge in [0, 0.05) is 25.8 Å². The van der Waals surface area contributed by atoms with Crippen LogP contribution >= 0.6 is 0 Å². The van der Waals surface area contributed by atoms with E-state index in [0.29, 0.717) is 11.5 Å². The largest absolute Gasteiger partial charge is 0.743 e. The van der Waals surface area contributed by atoms with Gasteiger partial charge in [0.25, 0.3) is 0 Å². The second kappa shape index (κ2) is 15.2. The Bertz CT molecular complexity index is 1650. The Morgan fingerprint density at radius 1 is 0.633 bits per heavy atom. The highest BCUT2D eigenvalue weighted by molar-refractivity contribution is 7.86. The van der Waals surface area contributed by atoms with Crippen LogP contribution in [0.15, 0.2) is 66.7 Å². The summed E-state index contributed by atoms with van der Waals surface area (Å²) in [6, 6.07) is 23.2. The molecule has 274 valence electrons. The van der Waals surface area contributed by atoms with Crippen molar-refractivity contribution < 1.29 is 92.6 Å². The fourth-order valence-corrected chi connectivity index (χ4v) is 6.75. The van der Waals surface area contributed by atoms with Gasteiger partial charge in [-0.15, -0.1) is 0 Å². The molecule has 0 saturated carbocycles. The quantitative estimate of drug-likeness (QED) is 0.121. The first kappa shape index (κ1) is 42.4. The lowest BCUT2D eigenvalue weighted by Gasteiger charge is -2.34. The average molecular weight is 847 g/mol. The van der Waals surface area contributed by atoms with Crippen LogP contribution in [0, 0.1) is 7.14 Å².